The van der Waals surface area contributed by atoms with Gasteiger partial charge in [-0.15, -0.1) is 9.24 Å². The second-order valence-corrected chi connectivity index (χ2v) is 8.74. The third kappa shape index (κ3) is 4.84. The molecule has 2 nitrogen and oxygen atoms in total. The van der Waals surface area contributed by atoms with E-state index < -0.39 is 29.7 Å². The first kappa shape index (κ1) is 23.2. The number of benzene rings is 3. The van der Waals surface area contributed by atoms with Crippen molar-refractivity contribution in [3.8, 4) is 22.3 Å². The Bertz CT molecular complexity index is 1100. The molecule has 1 fully saturated rings. The molecule has 0 aliphatic carbocycles. The third-order valence-electron chi connectivity index (χ3n) is 5.08. The molecule has 1 aliphatic rings. The molecular formula is C23H18F5O2PS. The molecule has 0 amide bonds. The minimum absolute atomic E-state index is 0.0216. The van der Waals surface area contributed by atoms with Crippen molar-refractivity contribution < 1.29 is 31.4 Å². The highest BCUT2D eigenvalue weighted by atomic mass is 32.1. The van der Waals surface area contributed by atoms with Gasteiger partial charge in [-0.05, 0) is 46.3 Å². The number of hydrogen-bond donors (Lipinski definition) is 1. The molecule has 1 heterocycles. The smallest absolute Gasteiger partial charge is 0.347 e. The lowest BCUT2D eigenvalue weighted by molar-refractivity contribution is -0.179. The normalized spacial score (nSPS) is 19.2. The summed E-state index contributed by atoms with van der Waals surface area (Å²) < 4.78 is 78.6. The van der Waals surface area contributed by atoms with Crippen LogP contribution >= 0.6 is 21.9 Å². The summed E-state index contributed by atoms with van der Waals surface area (Å²) in [6.45, 7) is 0.951. The summed E-state index contributed by atoms with van der Waals surface area (Å²) in [5, 5.41) is 0.424. The van der Waals surface area contributed by atoms with Gasteiger partial charge >= 0.3 is 6.18 Å². The molecule has 0 N–H and O–H groups in total. The van der Waals surface area contributed by atoms with Gasteiger partial charge in [0.2, 0.25) is 0 Å². The lowest BCUT2D eigenvalue weighted by atomic mass is 9.97. The molecule has 0 radical (unpaired) electrons. The molecule has 3 aromatic rings. The largest absolute Gasteiger partial charge is 0.419 e. The van der Waals surface area contributed by atoms with Crippen LogP contribution in [0.4, 0.5) is 22.0 Å². The summed E-state index contributed by atoms with van der Waals surface area (Å²) in [6.07, 6.45) is -5.30. The second kappa shape index (κ2) is 9.10. The monoisotopic (exact) mass is 484 g/mol. The van der Waals surface area contributed by atoms with Crippen LogP contribution in [0.25, 0.3) is 22.3 Å². The molecule has 0 saturated carbocycles. The van der Waals surface area contributed by atoms with Crippen molar-refractivity contribution in [3.05, 3.63) is 77.4 Å². The Morgan fingerprint density at radius 2 is 1.41 bits per heavy atom. The van der Waals surface area contributed by atoms with E-state index in [0.29, 0.717) is 36.2 Å². The van der Waals surface area contributed by atoms with E-state index in [1.165, 1.54) is 6.07 Å². The molecule has 4 rings (SSSR count). The van der Waals surface area contributed by atoms with Gasteiger partial charge in [0.15, 0.2) is 6.29 Å². The predicted octanol–water partition coefficient (Wildman–Crippen LogP) is 6.16. The lowest BCUT2D eigenvalue weighted by Crippen LogP contribution is -2.27. The van der Waals surface area contributed by atoms with Gasteiger partial charge < -0.3 is 9.47 Å². The molecule has 9 heteroatoms. The van der Waals surface area contributed by atoms with Crippen LogP contribution < -0.4 is 5.30 Å². The number of alkyl halides is 3. The van der Waals surface area contributed by atoms with Crippen LogP contribution in [0.3, 0.4) is 0 Å². The van der Waals surface area contributed by atoms with Gasteiger partial charge in [-0.1, -0.05) is 30.3 Å². The molecule has 0 spiro atoms. The fourth-order valence-electron chi connectivity index (χ4n) is 3.52. The first-order valence-electron chi connectivity index (χ1n) is 9.61. The van der Waals surface area contributed by atoms with Crippen LogP contribution in [0.1, 0.15) is 17.4 Å². The molecule has 32 heavy (non-hydrogen) atoms. The molecule has 0 aromatic heterocycles. The highest BCUT2D eigenvalue weighted by Crippen LogP contribution is 2.35. The third-order valence-corrected chi connectivity index (χ3v) is 5.83. The zero-order valence-electron chi connectivity index (χ0n) is 16.5. The van der Waals surface area contributed by atoms with Crippen LogP contribution in [0.5, 0.6) is 0 Å². The molecule has 1 unspecified atom stereocenters. The van der Waals surface area contributed by atoms with Crippen LogP contribution in [-0.4, -0.2) is 18.5 Å². The first-order valence-corrected chi connectivity index (χ1v) is 10.7. The van der Waals surface area contributed by atoms with Gasteiger partial charge in [-0.25, -0.2) is 8.78 Å². The summed E-state index contributed by atoms with van der Waals surface area (Å²) in [7, 11) is 2.36. The maximum atomic E-state index is 15.0. The maximum absolute atomic E-state index is 15.0. The van der Waals surface area contributed by atoms with Crippen molar-refractivity contribution in [3.63, 3.8) is 0 Å². The van der Waals surface area contributed by atoms with Gasteiger partial charge in [0.1, 0.15) is 11.6 Å². The van der Waals surface area contributed by atoms with Gasteiger partial charge in [0.05, 0.1) is 18.8 Å². The number of thiol groups is 1. The molecule has 1 atom stereocenters. The van der Waals surface area contributed by atoms with Crippen molar-refractivity contribution in [1.29, 1.82) is 0 Å². The Morgan fingerprint density at radius 1 is 0.812 bits per heavy atom. The van der Waals surface area contributed by atoms with E-state index in [9.17, 15) is 22.0 Å². The average Bonchev–Trinajstić information content (AvgIpc) is 2.73. The minimum Gasteiger partial charge on any atom is -0.347 e. The van der Waals surface area contributed by atoms with Gasteiger partial charge in [-0.3, -0.25) is 0 Å². The van der Waals surface area contributed by atoms with Crippen LogP contribution in [-0.2, 0) is 15.7 Å². The Morgan fingerprint density at radius 3 is 1.97 bits per heavy atom. The van der Waals surface area contributed by atoms with Crippen molar-refractivity contribution >= 4 is 27.2 Å². The first-order chi connectivity index (χ1) is 15.1. The van der Waals surface area contributed by atoms with Gasteiger partial charge in [-0.2, -0.15) is 25.8 Å². The highest BCUT2D eigenvalue weighted by molar-refractivity contribution is 7.81. The summed E-state index contributed by atoms with van der Waals surface area (Å²) in [4.78, 5) is 0. The van der Waals surface area contributed by atoms with E-state index in [2.05, 4.69) is 21.9 Å². The summed E-state index contributed by atoms with van der Waals surface area (Å²) >= 11 is 4.30. The SMILES string of the molecule is Fc1cc(-c2c(F)cc(-c3ccc(C4OCC(S)CO4)cc3)cc2P)ccc1C(F)(F)F. The standard InChI is InChI=1S/C23H18F5O2PS/c24-18-7-14(5-6-17(18)23(26,27)28)21-19(25)8-15(9-20(21)31)12-1-3-13(4-2-12)22-29-10-16(32)11-30-22/h1-9,16,22,32H,10-11,31H2. The van der Waals surface area contributed by atoms with Crippen LogP contribution in [0.15, 0.2) is 54.6 Å². The lowest BCUT2D eigenvalue weighted by Gasteiger charge is -2.27. The summed E-state index contributed by atoms with van der Waals surface area (Å²) in [5.74, 6) is -2.12. The van der Waals surface area contributed by atoms with E-state index in [-0.39, 0.29) is 16.4 Å². The van der Waals surface area contributed by atoms with E-state index in [0.717, 1.165) is 17.2 Å². The van der Waals surface area contributed by atoms with Crippen molar-refractivity contribution in [2.75, 3.05) is 13.2 Å². The fourth-order valence-corrected chi connectivity index (χ4v) is 4.17. The van der Waals surface area contributed by atoms with Crippen molar-refractivity contribution in [1.82, 2.24) is 0 Å². The van der Waals surface area contributed by atoms with Crippen molar-refractivity contribution in [2.45, 2.75) is 17.7 Å². The molecule has 168 valence electrons. The van der Waals surface area contributed by atoms with E-state index in [1.807, 2.05) is 12.1 Å². The number of ether oxygens (including phenoxy) is 2. The van der Waals surface area contributed by atoms with E-state index in [4.69, 9.17) is 9.47 Å². The molecule has 1 aliphatic heterocycles. The molecular weight excluding hydrogens is 466 g/mol. The zero-order valence-corrected chi connectivity index (χ0v) is 18.5. The number of rotatable bonds is 3. The van der Waals surface area contributed by atoms with E-state index >= 15 is 0 Å². The second-order valence-electron chi connectivity index (χ2n) is 7.39. The number of halogens is 5. The van der Waals surface area contributed by atoms with Crippen LogP contribution in [0.2, 0.25) is 0 Å². The molecule has 3 aromatic carbocycles. The summed E-state index contributed by atoms with van der Waals surface area (Å²) in [6, 6.07) is 12.5. The molecule has 1 saturated heterocycles. The molecule has 0 bridgehead atoms. The highest BCUT2D eigenvalue weighted by Gasteiger charge is 2.34. The Kier molecular flexibility index (Phi) is 6.59. The van der Waals surface area contributed by atoms with Gasteiger partial charge in [0, 0.05) is 16.4 Å². The Labute approximate surface area is 189 Å². The van der Waals surface area contributed by atoms with Gasteiger partial charge in [0.25, 0.3) is 0 Å². The number of hydrogen-bond acceptors (Lipinski definition) is 3. The fraction of sp³-hybridized carbons (Fsp3) is 0.217. The average molecular weight is 484 g/mol. The van der Waals surface area contributed by atoms with Crippen LogP contribution in [0, 0.1) is 11.6 Å². The predicted molar refractivity (Wildman–Crippen MR) is 119 cm³/mol. The summed E-state index contributed by atoms with van der Waals surface area (Å²) in [5.41, 5.74) is 0.764. The maximum Gasteiger partial charge on any atom is 0.419 e. The quantitative estimate of drug-likeness (QED) is 0.273. The zero-order chi connectivity index (χ0) is 23.0. The van der Waals surface area contributed by atoms with E-state index in [1.54, 1.807) is 18.2 Å². The topological polar surface area (TPSA) is 18.5 Å². The Balaban J connectivity index is 1.61. The van der Waals surface area contributed by atoms with Crippen molar-refractivity contribution in [2.24, 2.45) is 0 Å². The minimum atomic E-state index is -4.82. The Hall–Kier alpha value is -1.99.